The minimum absolute atomic E-state index is 0.0793. The smallest absolute Gasteiger partial charge is 0.305 e. The molecule has 1 atom stereocenters. The molecule has 178 valence electrons. The van der Waals surface area contributed by atoms with Crippen LogP contribution in [0.1, 0.15) is 35.7 Å². The van der Waals surface area contributed by atoms with Crippen molar-refractivity contribution < 1.29 is 19.4 Å². The quantitative estimate of drug-likeness (QED) is 0.343. The first-order chi connectivity index (χ1) is 16.4. The maximum atomic E-state index is 12.0. The van der Waals surface area contributed by atoms with E-state index in [1.807, 2.05) is 42.2 Å². The average molecular weight is 479 g/mol. The molecule has 1 heterocycles. The lowest BCUT2D eigenvalue weighted by Gasteiger charge is -2.12. The van der Waals surface area contributed by atoms with Gasteiger partial charge in [-0.1, -0.05) is 31.2 Å². The van der Waals surface area contributed by atoms with Crippen LogP contribution in [-0.2, 0) is 11.2 Å². The van der Waals surface area contributed by atoms with Gasteiger partial charge >= 0.3 is 5.97 Å². The zero-order valence-corrected chi connectivity index (χ0v) is 20.3. The Morgan fingerprint density at radius 2 is 1.74 bits per heavy atom. The molecule has 0 saturated carbocycles. The van der Waals surface area contributed by atoms with Gasteiger partial charge in [-0.25, -0.2) is 4.98 Å². The van der Waals surface area contributed by atoms with Gasteiger partial charge in [-0.05, 0) is 60.2 Å². The number of carboxylic acid groups (broad SMARTS) is 1. The van der Waals surface area contributed by atoms with E-state index in [-0.39, 0.29) is 18.9 Å². The Bertz CT molecular complexity index is 1070. The molecule has 1 unspecified atom stereocenters. The van der Waals surface area contributed by atoms with E-state index in [1.54, 1.807) is 19.2 Å². The van der Waals surface area contributed by atoms with Crippen LogP contribution in [0.3, 0.4) is 0 Å². The third kappa shape index (κ3) is 7.92. The van der Waals surface area contributed by atoms with Gasteiger partial charge in [0.15, 0.2) is 0 Å². The summed E-state index contributed by atoms with van der Waals surface area (Å²) in [4.78, 5) is 28.1. The number of amides is 1. The Morgan fingerprint density at radius 3 is 2.35 bits per heavy atom. The van der Waals surface area contributed by atoms with Gasteiger partial charge in [0.2, 0.25) is 5.88 Å². The number of pyridine rings is 1. The van der Waals surface area contributed by atoms with Gasteiger partial charge in [-0.2, -0.15) is 0 Å². The molecular formula is C27H30N2O4S. The van der Waals surface area contributed by atoms with Crippen LogP contribution in [0.2, 0.25) is 0 Å². The van der Waals surface area contributed by atoms with Crippen LogP contribution in [0, 0.1) is 5.92 Å². The molecule has 1 amide bonds. The van der Waals surface area contributed by atoms with Crippen molar-refractivity contribution in [2.45, 2.75) is 31.1 Å². The zero-order valence-electron chi connectivity index (χ0n) is 19.5. The van der Waals surface area contributed by atoms with Gasteiger partial charge in [0.1, 0.15) is 0 Å². The van der Waals surface area contributed by atoms with Crippen LogP contribution < -0.4 is 10.1 Å². The topological polar surface area (TPSA) is 88.5 Å². The lowest BCUT2D eigenvalue weighted by Crippen LogP contribution is -2.25. The van der Waals surface area contributed by atoms with Crippen LogP contribution in [0.5, 0.6) is 5.88 Å². The van der Waals surface area contributed by atoms with E-state index in [9.17, 15) is 9.59 Å². The molecule has 0 bridgehead atoms. The third-order valence-electron chi connectivity index (χ3n) is 5.43. The monoisotopic (exact) mass is 478 g/mol. The summed E-state index contributed by atoms with van der Waals surface area (Å²) in [5, 5.41) is 11.3. The fraction of sp³-hybridized carbons (Fsp3) is 0.296. The van der Waals surface area contributed by atoms with Gasteiger partial charge in [-0.15, -0.1) is 11.8 Å². The molecule has 0 aliphatic rings. The molecule has 6 nitrogen and oxygen atoms in total. The number of hydrogen-bond acceptors (Lipinski definition) is 5. The van der Waals surface area contributed by atoms with Crippen molar-refractivity contribution in [3.8, 4) is 17.0 Å². The Hall–Kier alpha value is -3.32. The van der Waals surface area contributed by atoms with E-state index in [2.05, 4.69) is 41.5 Å². The summed E-state index contributed by atoms with van der Waals surface area (Å²) < 4.78 is 5.11. The minimum atomic E-state index is -0.925. The van der Waals surface area contributed by atoms with Crippen molar-refractivity contribution in [1.29, 1.82) is 0 Å². The molecule has 0 saturated heterocycles. The maximum Gasteiger partial charge on any atom is 0.305 e. The lowest BCUT2D eigenvalue weighted by molar-refractivity contribution is -0.136. The normalized spacial score (nSPS) is 11.6. The highest BCUT2D eigenvalue weighted by Gasteiger charge is 2.08. The Labute approximate surface area is 204 Å². The first-order valence-electron chi connectivity index (χ1n) is 11.3. The molecular weight excluding hydrogens is 448 g/mol. The summed E-state index contributed by atoms with van der Waals surface area (Å²) in [5.41, 5.74) is 3.93. The SMILES string of the molecule is COc1ccc(-c2ccc(SCC(C)CCc3ccc(C(=O)NCCC(=O)O)cc3)cc2)cn1. The molecule has 0 spiro atoms. The van der Waals surface area contributed by atoms with E-state index >= 15 is 0 Å². The molecule has 0 fully saturated rings. The van der Waals surface area contributed by atoms with Gasteiger partial charge in [-0.3, -0.25) is 9.59 Å². The number of carbonyl (C=O) groups excluding carboxylic acids is 1. The Morgan fingerprint density at radius 1 is 1.03 bits per heavy atom. The predicted octanol–water partition coefficient (Wildman–Crippen LogP) is 5.32. The summed E-state index contributed by atoms with van der Waals surface area (Å²) in [6.45, 7) is 2.39. The van der Waals surface area contributed by atoms with Crippen LogP contribution in [-0.4, -0.2) is 41.4 Å². The molecule has 2 N–H and O–H groups in total. The second kappa shape index (κ2) is 12.8. The van der Waals surface area contributed by atoms with Crippen molar-refractivity contribution in [1.82, 2.24) is 10.3 Å². The maximum absolute atomic E-state index is 12.0. The van der Waals surface area contributed by atoms with Crippen molar-refractivity contribution in [3.05, 3.63) is 78.0 Å². The van der Waals surface area contributed by atoms with E-state index in [0.717, 1.165) is 29.7 Å². The number of aryl methyl sites for hydroxylation is 1. The van der Waals surface area contributed by atoms with Crippen LogP contribution in [0.25, 0.3) is 11.1 Å². The fourth-order valence-electron chi connectivity index (χ4n) is 3.36. The largest absolute Gasteiger partial charge is 0.481 e. The van der Waals surface area contributed by atoms with Gasteiger partial charge in [0.25, 0.3) is 5.91 Å². The average Bonchev–Trinajstić information content (AvgIpc) is 2.86. The molecule has 0 aliphatic heterocycles. The number of aromatic nitrogens is 1. The number of hydrogen-bond donors (Lipinski definition) is 2. The summed E-state index contributed by atoms with van der Waals surface area (Å²) in [6.07, 6.45) is 3.75. The molecule has 34 heavy (non-hydrogen) atoms. The van der Waals surface area contributed by atoms with Crippen LogP contribution in [0.15, 0.2) is 71.8 Å². The number of benzene rings is 2. The van der Waals surface area contributed by atoms with Crippen molar-refractivity contribution in [2.24, 2.45) is 5.92 Å². The number of carbonyl (C=O) groups is 2. The van der Waals surface area contributed by atoms with Crippen molar-refractivity contribution in [3.63, 3.8) is 0 Å². The zero-order chi connectivity index (χ0) is 24.3. The van der Waals surface area contributed by atoms with E-state index < -0.39 is 5.97 Å². The molecule has 0 aliphatic carbocycles. The predicted molar refractivity (Wildman–Crippen MR) is 135 cm³/mol. The molecule has 7 heteroatoms. The molecule has 1 aromatic heterocycles. The standard InChI is InChI=1S/C27H30N2O4S/c1-19(3-4-20-5-7-22(8-6-20)27(32)28-16-15-26(30)31)18-34-24-12-9-21(10-13-24)23-11-14-25(33-2)29-17-23/h5-14,17,19H,3-4,15-16,18H2,1-2H3,(H,28,32)(H,30,31). The highest BCUT2D eigenvalue weighted by atomic mass is 32.2. The summed E-state index contributed by atoms with van der Waals surface area (Å²) in [7, 11) is 1.61. The van der Waals surface area contributed by atoms with Gasteiger partial charge < -0.3 is 15.2 Å². The number of nitrogens with one attached hydrogen (secondary N) is 1. The summed E-state index contributed by atoms with van der Waals surface area (Å²) in [6, 6.07) is 20.0. The summed E-state index contributed by atoms with van der Waals surface area (Å²) >= 11 is 1.86. The highest BCUT2D eigenvalue weighted by Crippen LogP contribution is 2.27. The molecule has 0 radical (unpaired) electrons. The van der Waals surface area contributed by atoms with Crippen molar-refractivity contribution >= 4 is 23.6 Å². The lowest BCUT2D eigenvalue weighted by atomic mass is 10.0. The van der Waals surface area contributed by atoms with Crippen LogP contribution >= 0.6 is 11.8 Å². The van der Waals surface area contributed by atoms with Gasteiger partial charge in [0, 0.05) is 40.6 Å². The number of carboxylic acids is 1. The minimum Gasteiger partial charge on any atom is -0.481 e. The van der Waals surface area contributed by atoms with E-state index in [1.165, 1.54) is 10.5 Å². The number of nitrogens with zero attached hydrogens (tertiary/aromatic N) is 1. The summed E-state index contributed by atoms with van der Waals surface area (Å²) in [5.74, 6) is 1.03. The first-order valence-corrected chi connectivity index (χ1v) is 12.3. The van der Waals surface area contributed by atoms with Crippen LogP contribution in [0.4, 0.5) is 0 Å². The van der Waals surface area contributed by atoms with E-state index in [4.69, 9.17) is 9.84 Å². The second-order valence-corrected chi connectivity index (χ2v) is 9.26. The number of thioether (sulfide) groups is 1. The highest BCUT2D eigenvalue weighted by molar-refractivity contribution is 7.99. The Kier molecular flexibility index (Phi) is 9.52. The van der Waals surface area contributed by atoms with E-state index in [0.29, 0.717) is 17.4 Å². The molecule has 3 aromatic rings. The molecule has 3 rings (SSSR count). The second-order valence-electron chi connectivity index (χ2n) is 8.17. The van der Waals surface area contributed by atoms with Crippen molar-refractivity contribution in [2.75, 3.05) is 19.4 Å². The number of aliphatic carboxylic acids is 1. The Balaban J connectivity index is 1.41. The number of rotatable bonds is 12. The molecule has 2 aromatic carbocycles. The first kappa shape index (κ1) is 25.3. The number of ether oxygens (including phenoxy) is 1. The number of methoxy groups -OCH3 is 1. The van der Waals surface area contributed by atoms with Gasteiger partial charge in [0.05, 0.1) is 13.5 Å². The fourth-order valence-corrected chi connectivity index (χ4v) is 4.33. The third-order valence-corrected chi connectivity index (χ3v) is 6.78.